The van der Waals surface area contributed by atoms with Crippen LogP contribution in [0.4, 0.5) is 5.82 Å². The number of rotatable bonds is 2. The second-order valence-electron chi connectivity index (χ2n) is 6.47. The fourth-order valence-corrected chi connectivity index (χ4v) is 3.52. The van der Waals surface area contributed by atoms with Gasteiger partial charge in [-0.05, 0) is 6.92 Å². The highest BCUT2D eigenvalue weighted by atomic mass is 16.5. The molecule has 2 aromatic rings. The van der Waals surface area contributed by atoms with Crippen LogP contribution in [0, 0.1) is 0 Å². The number of anilines is 1. The number of hydrogen-bond acceptors (Lipinski definition) is 7. The molecule has 0 aliphatic carbocycles. The summed E-state index contributed by atoms with van der Waals surface area (Å²) >= 11 is 0. The van der Waals surface area contributed by atoms with Gasteiger partial charge in [-0.25, -0.2) is 4.98 Å². The van der Waals surface area contributed by atoms with Gasteiger partial charge in [0, 0.05) is 24.9 Å². The van der Waals surface area contributed by atoms with Gasteiger partial charge in [0.15, 0.2) is 5.52 Å². The van der Waals surface area contributed by atoms with Crippen LogP contribution in [-0.2, 0) is 4.74 Å². The topological polar surface area (TPSA) is 122 Å². The molecule has 0 spiro atoms. The zero-order valence-electron chi connectivity index (χ0n) is 13.2. The molecule has 0 saturated carbocycles. The number of nitrogens with zero attached hydrogens (tertiary/aromatic N) is 3. The van der Waals surface area contributed by atoms with Crippen molar-refractivity contribution < 1.29 is 20.1 Å². The second kappa shape index (κ2) is 5.55. The Balaban J connectivity index is 1.82. The Kier molecular flexibility index (Phi) is 3.61. The van der Waals surface area contributed by atoms with Crippen LogP contribution in [0.15, 0.2) is 17.2 Å². The SMILES string of the molecule is C[C@@H]1C[C@@H](O)n2c(cc3c(ncn3[C@H]3C[C@H](O)[C@@H](CO)O3)c2=O)N1. The predicted molar refractivity (Wildman–Crippen MR) is 84.6 cm³/mol. The fourth-order valence-electron chi connectivity index (χ4n) is 3.52. The van der Waals surface area contributed by atoms with Gasteiger partial charge in [0.25, 0.3) is 5.56 Å². The highest BCUT2D eigenvalue weighted by Gasteiger charge is 2.35. The average molecular weight is 336 g/mol. The molecule has 24 heavy (non-hydrogen) atoms. The molecular formula is C15H20N4O5. The van der Waals surface area contributed by atoms with Gasteiger partial charge in [-0.1, -0.05) is 0 Å². The Morgan fingerprint density at radius 1 is 1.42 bits per heavy atom. The van der Waals surface area contributed by atoms with E-state index < -0.39 is 24.7 Å². The first-order valence-corrected chi connectivity index (χ1v) is 8.00. The summed E-state index contributed by atoms with van der Waals surface area (Å²) in [7, 11) is 0. The maximum absolute atomic E-state index is 12.7. The first-order chi connectivity index (χ1) is 11.5. The van der Waals surface area contributed by atoms with Gasteiger partial charge in [-0.3, -0.25) is 9.36 Å². The lowest BCUT2D eigenvalue weighted by atomic mass is 10.1. The van der Waals surface area contributed by atoms with E-state index in [9.17, 15) is 20.1 Å². The van der Waals surface area contributed by atoms with E-state index in [1.165, 1.54) is 10.9 Å². The van der Waals surface area contributed by atoms with Gasteiger partial charge in [-0.2, -0.15) is 0 Å². The van der Waals surface area contributed by atoms with Crippen LogP contribution in [0.2, 0.25) is 0 Å². The van der Waals surface area contributed by atoms with Crippen LogP contribution >= 0.6 is 0 Å². The molecule has 0 radical (unpaired) electrons. The zero-order chi connectivity index (χ0) is 17.0. The molecule has 9 heteroatoms. The standard InChI is InChI=1S/C15H20N4O5/c1-7-2-12(22)19-11(17-7)3-8-14(15(19)23)16-6-18(8)13-4-9(21)10(5-20)24-13/h3,6-7,9-10,12-13,17,20-22H,2,4-5H2,1H3/t7-,9+,10-,12-,13-/m1/s1. The molecule has 4 rings (SSSR count). The van der Waals surface area contributed by atoms with Crippen molar-refractivity contribution in [1.82, 2.24) is 14.1 Å². The van der Waals surface area contributed by atoms with Gasteiger partial charge in [-0.15, -0.1) is 0 Å². The lowest BCUT2D eigenvalue weighted by molar-refractivity contribution is -0.0430. The van der Waals surface area contributed by atoms with Crippen LogP contribution in [0.3, 0.4) is 0 Å². The van der Waals surface area contributed by atoms with E-state index in [2.05, 4.69) is 10.3 Å². The van der Waals surface area contributed by atoms with E-state index in [1.54, 1.807) is 10.6 Å². The summed E-state index contributed by atoms with van der Waals surface area (Å²) in [6, 6.07) is 1.79. The van der Waals surface area contributed by atoms with Gasteiger partial charge in [0.1, 0.15) is 24.4 Å². The smallest absolute Gasteiger partial charge is 0.282 e. The Morgan fingerprint density at radius 2 is 2.21 bits per heavy atom. The lowest BCUT2D eigenvalue weighted by Gasteiger charge is -2.29. The Bertz CT molecular complexity index is 831. The van der Waals surface area contributed by atoms with Crippen molar-refractivity contribution in [2.75, 3.05) is 11.9 Å². The third-order valence-electron chi connectivity index (χ3n) is 4.74. The summed E-state index contributed by atoms with van der Waals surface area (Å²) in [5.74, 6) is 0.526. The van der Waals surface area contributed by atoms with Crippen molar-refractivity contribution in [2.45, 2.75) is 50.5 Å². The van der Waals surface area contributed by atoms with E-state index >= 15 is 0 Å². The van der Waals surface area contributed by atoms with Crippen molar-refractivity contribution in [3.63, 3.8) is 0 Å². The number of pyridine rings is 1. The van der Waals surface area contributed by atoms with Crippen LogP contribution in [0.25, 0.3) is 11.0 Å². The average Bonchev–Trinajstić information content (AvgIpc) is 3.09. The minimum absolute atomic E-state index is 0.0385. The summed E-state index contributed by atoms with van der Waals surface area (Å²) in [6.45, 7) is 1.66. The maximum Gasteiger partial charge on any atom is 0.282 e. The molecule has 1 fully saturated rings. The molecule has 2 aromatic heterocycles. The van der Waals surface area contributed by atoms with E-state index in [0.717, 1.165) is 0 Å². The molecule has 4 heterocycles. The lowest BCUT2D eigenvalue weighted by Crippen LogP contribution is -2.37. The Morgan fingerprint density at radius 3 is 2.92 bits per heavy atom. The number of fused-ring (bicyclic) bond motifs is 2. The molecule has 0 aromatic carbocycles. The van der Waals surface area contributed by atoms with E-state index in [4.69, 9.17) is 4.74 Å². The monoisotopic (exact) mass is 336 g/mol. The van der Waals surface area contributed by atoms with Gasteiger partial charge in [0.2, 0.25) is 0 Å². The molecule has 9 nitrogen and oxygen atoms in total. The molecule has 2 aliphatic rings. The van der Waals surface area contributed by atoms with Crippen molar-refractivity contribution >= 4 is 16.9 Å². The minimum Gasteiger partial charge on any atom is -0.394 e. The molecule has 130 valence electrons. The number of aliphatic hydroxyl groups is 3. The molecule has 0 unspecified atom stereocenters. The largest absolute Gasteiger partial charge is 0.394 e. The highest BCUT2D eigenvalue weighted by Crippen LogP contribution is 2.32. The van der Waals surface area contributed by atoms with Gasteiger partial charge < -0.3 is 29.9 Å². The quantitative estimate of drug-likeness (QED) is 0.585. The van der Waals surface area contributed by atoms with E-state index in [-0.39, 0.29) is 23.7 Å². The van der Waals surface area contributed by atoms with Crippen LogP contribution < -0.4 is 10.9 Å². The van der Waals surface area contributed by atoms with Crippen LogP contribution in [0.5, 0.6) is 0 Å². The molecule has 0 bridgehead atoms. The molecule has 5 atom stereocenters. The Hall–Kier alpha value is -1.94. The van der Waals surface area contributed by atoms with Crippen LogP contribution in [0.1, 0.15) is 32.2 Å². The highest BCUT2D eigenvalue weighted by molar-refractivity contribution is 5.78. The molecule has 1 saturated heterocycles. The summed E-state index contributed by atoms with van der Waals surface area (Å²) in [4.78, 5) is 16.8. The first-order valence-electron chi connectivity index (χ1n) is 8.00. The van der Waals surface area contributed by atoms with Crippen molar-refractivity contribution in [3.8, 4) is 0 Å². The third kappa shape index (κ3) is 2.24. The minimum atomic E-state index is -0.887. The maximum atomic E-state index is 12.7. The molecule has 4 N–H and O–H groups in total. The number of nitrogens with one attached hydrogen (secondary N) is 1. The molecule has 2 aliphatic heterocycles. The van der Waals surface area contributed by atoms with Crippen molar-refractivity contribution in [3.05, 3.63) is 22.7 Å². The second-order valence-corrected chi connectivity index (χ2v) is 6.47. The fraction of sp³-hybridized carbons (Fsp3) is 0.600. The van der Waals surface area contributed by atoms with Gasteiger partial charge in [0.05, 0.1) is 24.6 Å². The normalized spacial score (nSPS) is 32.8. The number of imidazole rings is 1. The predicted octanol–water partition coefficient (Wildman–Crippen LogP) is -0.466. The number of aromatic nitrogens is 3. The summed E-state index contributed by atoms with van der Waals surface area (Å²) in [5.41, 5.74) is 0.431. The number of hydrogen-bond donors (Lipinski definition) is 4. The summed E-state index contributed by atoms with van der Waals surface area (Å²) < 4.78 is 8.64. The molecular weight excluding hydrogens is 316 g/mol. The van der Waals surface area contributed by atoms with Crippen molar-refractivity contribution in [1.29, 1.82) is 0 Å². The van der Waals surface area contributed by atoms with Gasteiger partial charge >= 0.3 is 0 Å². The number of aliphatic hydroxyl groups excluding tert-OH is 3. The molecule has 0 amide bonds. The Labute approximate surface area is 137 Å². The first kappa shape index (κ1) is 15.6. The third-order valence-corrected chi connectivity index (χ3v) is 4.74. The van der Waals surface area contributed by atoms with E-state index in [1.807, 2.05) is 6.92 Å². The van der Waals surface area contributed by atoms with Crippen molar-refractivity contribution in [2.24, 2.45) is 0 Å². The zero-order valence-corrected chi connectivity index (χ0v) is 13.2. The van der Waals surface area contributed by atoms with Crippen LogP contribution in [-0.4, -0.2) is 54.3 Å². The summed E-state index contributed by atoms with van der Waals surface area (Å²) in [6.07, 6.45) is -0.568. The van der Waals surface area contributed by atoms with E-state index in [0.29, 0.717) is 24.2 Å². The number of ether oxygens (including phenoxy) is 1. The summed E-state index contributed by atoms with van der Waals surface area (Å²) in [5, 5.41) is 32.5.